The van der Waals surface area contributed by atoms with Gasteiger partial charge in [-0.3, -0.25) is 4.79 Å². The smallest absolute Gasteiger partial charge is 0.421 e. The van der Waals surface area contributed by atoms with Crippen LogP contribution in [0.4, 0.5) is 4.79 Å². The predicted molar refractivity (Wildman–Crippen MR) is 82.9 cm³/mol. The molecule has 0 saturated carbocycles. The second-order valence-electron chi connectivity index (χ2n) is 4.47. The molecule has 136 valence electrons. The fourth-order valence-corrected chi connectivity index (χ4v) is 2.75. The van der Waals surface area contributed by atoms with Crippen LogP contribution in [-0.4, -0.2) is 58.1 Å². The summed E-state index contributed by atoms with van der Waals surface area (Å²) >= 11 is 6.92. The van der Waals surface area contributed by atoms with E-state index in [1.807, 2.05) is 0 Å². The second-order valence-corrected chi connectivity index (χ2v) is 6.17. The molecule has 14 heteroatoms. The highest BCUT2D eigenvalue weighted by molar-refractivity contribution is 7.15. The molecule has 1 aromatic rings. The van der Waals surface area contributed by atoms with E-state index in [0.29, 0.717) is 9.34 Å². The largest absolute Gasteiger partial charge is 0.428 e. The number of hydrazone groups is 1. The summed E-state index contributed by atoms with van der Waals surface area (Å²) in [7, 11) is 0. The molecule has 2 rings (SSSR count). The van der Waals surface area contributed by atoms with Gasteiger partial charge in [0, 0.05) is 18.0 Å². The summed E-state index contributed by atoms with van der Waals surface area (Å²) < 4.78 is 14.7. The molecule has 25 heavy (non-hydrogen) atoms. The van der Waals surface area contributed by atoms with Gasteiger partial charge in [-0.2, -0.15) is 0 Å². The van der Waals surface area contributed by atoms with Gasteiger partial charge in [0.1, 0.15) is 18.6 Å². The van der Waals surface area contributed by atoms with Crippen LogP contribution in [0.3, 0.4) is 0 Å². The summed E-state index contributed by atoms with van der Waals surface area (Å²) in [5.41, 5.74) is 0. The Labute approximate surface area is 149 Å². The van der Waals surface area contributed by atoms with Crippen molar-refractivity contribution in [2.75, 3.05) is 20.3 Å². The predicted octanol–water partition coefficient (Wildman–Crippen LogP) is 1.05. The quantitative estimate of drug-likeness (QED) is 0.311. The van der Waals surface area contributed by atoms with E-state index < -0.39 is 23.9 Å². The third kappa shape index (κ3) is 5.51. The molecule has 0 aliphatic carbocycles. The van der Waals surface area contributed by atoms with Crippen LogP contribution in [0, 0.1) is 10.1 Å². The maximum atomic E-state index is 12.0. The second kappa shape index (κ2) is 8.55. The van der Waals surface area contributed by atoms with E-state index in [0.717, 1.165) is 11.8 Å². The molecule has 0 unspecified atom stereocenters. The monoisotopic (exact) mass is 393 g/mol. The van der Waals surface area contributed by atoms with Crippen molar-refractivity contribution < 1.29 is 28.8 Å². The van der Waals surface area contributed by atoms with Gasteiger partial charge in [-0.1, -0.05) is 11.6 Å². The number of hydrogen-bond acceptors (Lipinski definition) is 9. The molecule has 1 amide bonds. The van der Waals surface area contributed by atoms with Crippen LogP contribution >= 0.6 is 22.9 Å². The van der Waals surface area contributed by atoms with E-state index in [2.05, 4.69) is 14.8 Å². The van der Waals surface area contributed by atoms with E-state index in [9.17, 15) is 19.7 Å². The molecule has 2 heterocycles. The first-order valence-electron chi connectivity index (χ1n) is 6.60. The molecule has 1 saturated heterocycles. The normalized spacial score (nSPS) is 16.0. The number of nitrogens with zero attached hydrogens (tertiary/aromatic N) is 5. The first kappa shape index (κ1) is 18.8. The fraction of sp³-hybridized carbons (Fsp3) is 0.455. The third-order valence-corrected chi connectivity index (χ3v) is 3.80. The highest BCUT2D eigenvalue weighted by atomic mass is 35.5. The molecule has 1 aliphatic heterocycles. The molecule has 12 nitrogen and oxygen atoms in total. The van der Waals surface area contributed by atoms with Gasteiger partial charge in [-0.15, -0.1) is 11.3 Å². The van der Waals surface area contributed by atoms with Gasteiger partial charge in [-0.25, -0.2) is 24.8 Å². The molecule has 0 bridgehead atoms. The van der Waals surface area contributed by atoms with Crippen LogP contribution in [0.5, 0.6) is 0 Å². The lowest BCUT2D eigenvalue weighted by atomic mass is 10.4. The maximum Gasteiger partial charge on any atom is 0.421 e. The first-order chi connectivity index (χ1) is 11.9. The summed E-state index contributed by atoms with van der Waals surface area (Å²) in [6, 6.07) is 0. The Bertz CT molecular complexity index is 696. The molecule has 0 radical (unpaired) electrons. The molecule has 0 atom stereocenters. The Hall–Kier alpha value is -2.51. The zero-order valence-electron chi connectivity index (χ0n) is 12.8. The van der Waals surface area contributed by atoms with Crippen molar-refractivity contribution in [1.29, 1.82) is 0 Å². The highest BCUT2D eigenvalue weighted by Crippen LogP contribution is 2.21. The number of nitro groups is 1. The summed E-state index contributed by atoms with van der Waals surface area (Å²) in [4.78, 5) is 40.2. The molecule has 0 spiro atoms. The number of amides is 1. The number of hydrogen-bond donors (Lipinski definition) is 0. The minimum atomic E-state index is -1.02. The molecule has 1 aromatic heterocycles. The Morgan fingerprint density at radius 2 is 2.28 bits per heavy atom. The van der Waals surface area contributed by atoms with E-state index in [-0.39, 0.29) is 26.0 Å². The van der Waals surface area contributed by atoms with Gasteiger partial charge in [0.25, 0.3) is 5.96 Å². The fourth-order valence-electron chi connectivity index (χ4n) is 1.76. The molecular formula is C11H12ClN5O7S. The van der Waals surface area contributed by atoms with Crippen molar-refractivity contribution in [3.05, 3.63) is 25.7 Å². The first-order valence-corrected chi connectivity index (χ1v) is 7.80. The van der Waals surface area contributed by atoms with Gasteiger partial charge >= 0.3 is 12.1 Å². The van der Waals surface area contributed by atoms with Crippen LogP contribution in [0.2, 0.25) is 4.47 Å². The number of aromatic nitrogens is 1. The Morgan fingerprint density at radius 3 is 2.88 bits per heavy atom. The third-order valence-electron chi connectivity index (χ3n) is 2.70. The lowest BCUT2D eigenvalue weighted by molar-refractivity contribution is -0.486. The van der Waals surface area contributed by atoms with Crippen molar-refractivity contribution in [2.45, 2.75) is 13.5 Å². The molecule has 0 aromatic carbocycles. The Kier molecular flexibility index (Phi) is 6.44. The van der Waals surface area contributed by atoms with Gasteiger partial charge in [0.2, 0.25) is 6.79 Å². The van der Waals surface area contributed by atoms with Gasteiger partial charge < -0.3 is 19.1 Å². The summed E-state index contributed by atoms with van der Waals surface area (Å²) in [5, 5.41) is 13.1. The van der Waals surface area contributed by atoms with Gasteiger partial charge in [0.15, 0.2) is 9.50 Å². The van der Waals surface area contributed by atoms with Gasteiger partial charge in [0.05, 0.1) is 6.54 Å². The van der Waals surface area contributed by atoms with Crippen molar-refractivity contribution in [3.8, 4) is 0 Å². The lowest BCUT2D eigenvalue weighted by Crippen LogP contribution is -2.53. The van der Waals surface area contributed by atoms with Crippen LogP contribution in [-0.2, 0) is 25.5 Å². The topological polar surface area (TPSA) is 137 Å². The standard InChI is InChI=1S/C11H12ClN5O7S/c1-7(18)23-6-24-11(19)16-5-22-4-15(10(16)14-17(20)21)3-8-2-13-9(12)25-8/h2H,3-6H2,1H3/b14-10-. The van der Waals surface area contributed by atoms with Crippen molar-refractivity contribution in [2.24, 2.45) is 5.10 Å². The summed E-state index contributed by atoms with van der Waals surface area (Å²) in [5.74, 6) is -0.931. The number of carbonyl (C=O) groups excluding carboxylic acids is 2. The SMILES string of the molecule is CC(=O)OCOC(=O)N1COCN(Cc2cnc(Cl)s2)/C1=N/[N+](=O)[O-]. The number of ether oxygens (including phenoxy) is 3. The van der Waals surface area contributed by atoms with Crippen molar-refractivity contribution >= 4 is 41.0 Å². The van der Waals surface area contributed by atoms with Gasteiger partial charge in [-0.05, 0) is 0 Å². The van der Waals surface area contributed by atoms with Crippen LogP contribution in [0.25, 0.3) is 0 Å². The molecule has 1 fully saturated rings. The molecular weight excluding hydrogens is 382 g/mol. The minimum absolute atomic E-state index is 0.0457. The maximum absolute atomic E-state index is 12.0. The lowest BCUT2D eigenvalue weighted by Gasteiger charge is -2.34. The number of thiazole rings is 1. The van der Waals surface area contributed by atoms with Crippen LogP contribution in [0.1, 0.15) is 11.8 Å². The Morgan fingerprint density at radius 1 is 1.52 bits per heavy atom. The summed E-state index contributed by atoms with van der Waals surface area (Å²) in [6.45, 7) is 0.270. The number of guanidine groups is 1. The number of rotatable bonds is 5. The van der Waals surface area contributed by atoms with E-state index in [1.165, 1.54) is 22.4 Å². The van der Waals surface area contributed by atoms with Crippen molar-refractivity contribution in [1.82, 2.24) is 14.8 Å². The highest BCUT2D eigenvalue weighted by Gasteiger charge is 2.33. The summed E-state index contributed by atoms with van der Waals surface area (Å²) in [6.07, 6.45) is 0.475. The zero-order chi connectivity index (χ0) is 18.4. The average molecular weight is 394 g/mol. The molecule has 0 N–H and O–H groups in total. The zero-order valence-corrected chi connectivity index (χ0v) is 14.4. The van der Waals surface area contributed by atoms with E-state index in [4.69, 9.17) is 21.1 Å². The number of halogens is 1. The van der Waals surface area contributed by atoms with Crippen LogP contribution < -0.4 is 0 Å². The average Bonchev–Trinajstić information content (AvgIpc) is 2.93. The van der Waals surface area contributed by atoms with Crippen molar-refractivity contribution in [3.63, 3.8) is 0 Å². The van der Waals surface area contributed by atoms with E-state index in [1.54, 1.807) is 0 Å². The Balaban J connectivity index is 2.13. The number of carbonyl (C=O) groups is 2. The minimum Gasteiger partial charge on any atom is -0.428 e. The molecule has 1 aliphatic rings. The van der Waals surface area contributed by atoms with Crippen LogP contribution in [0.15, 0.2) is 11.3 Å². The van der Waals surface area contributed by atoms with E-state index >= 15 is 0 Å². The number of esters is 1.